The van der Waals surface area contributed by atoms with Crippen molar-refractivity contribution >= 4 is 23.5 Å². The molecule has 0 aromatic rings. The summed E-state index contributed by atoms with van der Waals surface area (Å²) in [5.74, 6) is -3.05. The Morgan fingerprint density at radius 1 is 0.569 bits per heavy atom. The quantitative estimate of drug-likeness (QED) is 0.0635. The average Bonchev–Trinajstić information content (AvgIpc) is 3.70. The number of amides is 2. The van der Waals surface area contributed by atoms with Crippen molar-refractivity contribution in [2.75, 3.05) is 133 Å². The van der Waals surface area contributed by atoms with Crippen molar-refractivity contribution in [3.05, 3.63) is 0 Å². The molecule has 0 aromatic heterocycles. The van der Waals surface area contributed by atoms with Gasteiger partial charge in [0.05, 0.1) is 105 Å². The van der Waals surface area contributed by atoms with E-state index in [0.29, 0.717) is 105 Å². The van der Waals surface area contributed by atoms with E-state index < -0.39 is 46.7 Å². The molecule has 4 atom stereocenters. The van der Waals surface area contributed by atoms with Gasteiger partial charge in [-0.2, -0.15) is 0 Å². The summed E-state index contributed by atoms with van der Waals surface area (Å²) in [5, 5.41) is 6.56. The minimum Gasteiger partial charge on any atom is -0.382 e. The van der Waals surface area contributed by atoms with Crippen LogP contribution in [0.1, 0.15) is 53.4 Å². The van der Waals surface area contributed by atoms with Crippen molar-refractivity contribution in [1.29, 1.82) is 0 Å². The number of carbonyl (C=O) groups excluding carboxylic acids is 2. The number of primary amides is 2. The van der Waals surface area contributed by atoms with E-state index in [9.17, 15) is 9.59 Å². The lowest BCUT2D eigenvalue weighted by molar-refractivity contribution is -0.143. The molecule has 0 aliphatic carbocycles. The molecule has 3 aliphatic rings. The number of piperazine rings is 1. The second-order valence-electron chi connectivity index (χ2n) is 14.9. The molecule has 0 saturated carbocycles. The highest BCUT2D eigenvalue weighted by Crippen LogP contribution is 2.34. The molecule has 0 bridgehead atoms. The second-order valence-corrected chi connectivity index (χ2v) is 14.9. The Balaban J connectivity index is 1.75. The van der Waals surface area contributed by atoms with E-state index in [4.69, 9.17) is 78.3 Å². The second kappa shape index (κ2) is 25.9. The number of nitrogens with two attached hydrogens (primary N) is 2. The molecule has 2 amide bonds. The van der Waals surface area contributed by atoms with E-state index in [-0.39, 0.29) is 50.8 Å². The Labute approximate surface area is 342 Å². The molecular formula is C38H70N6O14. The lowest BCUT2D eigenvalue weighted by Gasteiger charge is -2.48. The number of methoxy groups -OCH3 is 2. The molecule has 20 nitrogen and oxygen atoms in total. The van der Waals surface area contributed by atoms with Crippen molar-refractivity contribution < 1.29 is 66.4 Å². The van der Waals surface area contributed by atoms with E-state index in [1.807, 2.05) is 0 Å². The maximum atomic E-state index is 13.7. The molecule has 3 rings (SSSR count). The number of aliphatic imine (C=N–C) groups is 2. The Hall–Kier alpha value is -2.60. The first-order valence-electron chi connectivity index (χ1n) is 20.1. The van der Waals surface area contributed by atoms with Gasteiger partial charge in [0.1, 0.15) is 11.7 Å². The number of amidine groups is 2. The largest absolute Gasteiger partial charge is 0.382 e. The van der Waals surface area contributed by atoms with Crippen LogP contribution in [-0.4, -0.2) is 191 Å². The third kappa shape index (κ3) is 16.8. The normalized spacial score (nSPS) is 26.6. The van der Waals surface area contributed by atoms with Crippen LogP contribution in [0.4, 0.5) is 0 Å². The molecule has 3 fully saturated rings. The molecule has 0 spiro atoms. The van der Waals surface area contributed by atoms with E-state index in [2.05, 4.69) is 10.6 Å². The maximum Gasteiger partial charge on any atom is 0.251 e. The van der Waals surface area contributed by atoms with Crippen molar-refractivity contribution in [2.24, 2.45) is 21.5 Å². The summed E-state index contributed by atoms with van der Waals surface area (Å²) in [4.78, 5) is 37.1. The number of nitrogens with zero attached hydrogens (tertiary/aromatic N) is 2. The number of rotatable bonds is 32. The Bertz CT molecular complexity index is 1180. The van der Waals surface area contributed by atoms with E-state index in [1.54, 1.807) is 41.9 Å². The number of hydrogen-bond donors (Lipinski definition) is 4. The molecule has 3 heterocycles. The minimum atomic E-state index is -1.68. The van der Waals surface area contributed by atoms with E-state index in [0.717, 1.165) is 0 Å². The zero-order chi connectivity index (χ0) is 42.3. The van der Waals surface area contributed by atoms with Crippen LogP contribution >= 0.6 is 0 Å². The highest BCUT2D eigenvalue weighted by atomic mass is 16.7. The van der Waals surface area contributed by atoms with Gasteiger partial charge in [0.25, 0.3) is 11.8 Å². The van der Waals surface area contributed by atoms with Crippen molar-refractivity contribution in [3.63, 3.8) is 0 Å². The fraction of sp³-hybridized carbons (Fsp3) is 0.895. The molecule has 0 radical (unpaired) electrons. The standard InChI is InChI=1S/C38H70N6O14/c1-35(2)55-27-29(57-35)25-37(31(39)45)33(41-9-7-11-49-17-19-53-23-21-51-15-13-47-5)44-38(32(40)46,26-30-28-56-36(3,4)58-30)34(43-37)42-10-8-12-50-18-20-54-24-22-52-16-14-48-6/h29-30H,7-28H2,1-6H3,(H2,39,45)(H2,40,46)(H,42,43)(H,41,44). The molecule has 4 unspecified atom stereocenters. The fourth-order valence-electron chi connectivity index (χ4n) is 6.43. The van der Waals surface area contributed by atoms with Crippen molar-refractivity contribution in [1.82, 2.24) is 10.6 Å². The zero-order valence-corrected chi connectivity index (χ0v) is 35.5. The third-order valence-corrected chi connectivity index (χ3v) is 9.30. The third-order valence-electron chi connectivity index (χ3n) is 9.30. The molecule has 0 aromatic carbocycles. The number of hydrogen-bond acceptors (Lipinski definition) is 16. The number of nitrogens with one attached hydrogen (secondary N) is 2. The van der Waals surface area contributed by atoms with Crippen LogP contribution in [0.15, 0.2) is 9.98 Å². The summed E-state index contributed by atoms with van der Waals surface area (Å²) in [6, 6.07) is 0. The van der Waals surface area contributed by atoms with Crippen molar-refractivity contribution in [2.45, 2.75) is 88.2 Å². The molecule has 3 aliphatic heterocycles. The van der Waals surface area contributed by atoms with Gasteiger partial charge in [-0.1, -0.05) is 0 Å². The molecular weight excluding hydrogens is 764 g/mol. The Kier molecular flexibility index (Phi) is 22.2. The van der Waals surface area contributed by atoms with Gasteiger partial charge in [-0.05, 0) is 40.5 Å². The summed E-state index contributed by atoms with van der Waals surface area (Å²) in [6.07, 6.45) is -0.101. The van der Waals surface area contributed by atoms with Crippen LogP contribution < -0.4 is 22.1 Å². The van der Waals surface area contributed by atoms with Gasteiger partial charge in [0, 0.05) is 53.4 Å². The Morgan fingerprint density at radius 3 is 1.16 bits per heavy atom. The summed E-state index contributed by atoms with van der Waals surface area (Å²) in [7, 11) is 3.24. The minimum absolute atomic E-state index is 0.0189. The van der Waals surface area contributed by atoms with Crippen LogP contribution in [0.5, 0.6) is 0 Å². The van der Waals surface area contributed by atoms with Gasteiger partial charge >= 0.3 is 0 Å². The van der Waals surface area contributed by atoms with Crippen LogP contribution in [0.3, 0.4) is 0 Å². The summed E-state index contributed by atoms with van der Waals surface area (Å²) in [5.41, 5.74) is 9.14. The zero-order valence-electron chi connectivity index (χ0n) is 35.5. The van der Waals surface area contributed by atoms with Gasteiger partial charge in [-0.3, -0.25) is 19.6 Å². The van der Waals surface area contributed by atoms with Gasteiger partial charge < -0.3 is 78.9 Å². The van der Waals surface area contributed by atoms with Gasteiger partial charge in [0.15, 0.2) is 22.7 Å². The summed E-state index contributed by atoms with van der Waals surface area (Å²) in [6.45, 7) is 14.2. The summed E-state index contributed by atoms with van der Waals surface area (Å²) >= 11 is 0. The van der Waals surface area contributed by atoms with E-state index >= 15 is 0 Å². The lowest BCUT2D eigenvalue weighted by atomic mass is 9.79. The fourth-order valence-corrected chi connectivity index (χ4v) is 6.43. The number of carbonyl (C=O) groups is 2. The molecule has 336 valence electrons. The molecule has 20 heteroatoms. The average molecular weight is 835 g/mol. The first kappa shape index (κ1) is 49.8. The first-order valence-corrected chi connectivity index (χ1v) is 20.1. The maximum absolute atomic E-state index is 13.7. The highest BCUT2D eigenvalue weighted by molar-refractivity contribution is 6.24. The lowest BCUT2D eigenvalue weighted by Crippen LogP contribution is -2.82. The smallest absolute Gasteiger partial charge is 0.251 e. The topological polar surface area (TPSA) is 246 Å². The Morgan fingerprint density at radius 2 is 0.879 bits per heavy atom. The molecule has 58 heavy (non-hydrogen) atoms. The van der Waals surface area contributed by atoms with E-state index in [1.165, 1.54) is 0 Å². The van der Waals surface area contributed by atoms with Crippen LogP contribution in [-0.2, 0) is 66.4 Å². The molecule has 3 saturated heterocycles. The predicted octanol–water partition coefficient (Wildman–Crippen LogP) is -0.320. The van der Waals surface area contributed by atoms with Gasteiger partial charge in [-0.15, -0.1) is 0 Å². The summed E-state index contributed by atoms with van der Waals surface area (Å²) < 4.78 is 67.2. The van der Waals surface area contributed by atoms with Gasteiger partial charge in [0.2, 0.25) is 0 Å². The number of ether oxygens (including phenoxy) is 12. The molecule has 6 N–H and O–H groups in total. The highest BCUT2D eigenvalue weighted by Gasteiger charge is 2.59. The van der Waals surface area contributed by atoms with Crippen LogP contribution in [0.2, 0.25) is 0 Å². The predicted molar refractivity (Wildman–Crippen MR) is 212 cm³/mol. The van der Waals surface area contributed by atoms with Crippen LogP contribution in [0, 0.1) is 0 Å². The SMILES string of the molecule is COCCOCCOCCOCCCN=C1NC(CC2COC(C)(C)O2)(C(N)=O)C(=NCCCOCCOCCOCCOC)NC1(CC1COC(C)(C)O1)C(N)=O. The van der Waals surface area contributed by atoms with Crippen molar-refractivity contribution in [3.8, 4) is 0 Å². The monoisotopic (exact) mass is 834 g/mol. The first-order chi connectivity index (χ1) is 27.8. The van der Waals surface area contributed by atoms with Crippen LogP contribution in [0.25, 0.3) is 0 Å². The van der Waals surface area contributed by atoms with Gasteiger partial charge in [-0.25, -0.2) is 0 Å².